The number of methoxy groups -OCH3 is 2. The van der Waals surface area contributed by atoms with Gasteiger partial charge in [0.15, 0.2) is 23.1 Å². The third-order valence-corrected chi connectivity index (χ3v) is 5.04. The number of nitrogen functional groups attached to an aromatic ring is 1. The molecule has 0 aliphatic carbocycles. The summed E-state index contributed by atoms with van der Waals surface area (Å²) >= 11 is 0. The average Bonchev–Trinajstić information content (AvgIpc) is 3.28. The first-order valence-corrected chi connectivity index (χ1v) is 11.2. The number of carbonyl (C=O) groups is 3. The monoisotopic (exact) mass is 598 g/mol. The summed E-state index contributed by atoms with van der Waals surface area (Å²) in [5, 5.41) is 16.4. The minimum absolute atomic E-state index is 0.0213. The second kappa shape index (κ2) is 12.7. The molecule has 0 saturated heterocycles. The third-order valence-electron chi connectivity index (χ3n) is 5.04. The molecule has 0 bridgehead atoms. The van der Waals surface area contributed by atoms with Gasteiger partial charge in [-0.1, -0.05) is 18.2 Å². The Morgan fingerprint density at radius 2 is 1.67 bits per heavy atom. The van der Waals surface area contributed by atoms with Crippen molar-refractivity contribution in [1.29, 1.82) is 0 Å². The number of carbonyl (C=O) groups excluding carboxylic acids is 2. The van der Waals surface area contributed by atoms with Crippen LogP contribution in [-0.2, 0) is 20.8 Å². The topological polar surface area (TPSA) is 196 Å². The molecular weight excluding hydrogens is 579 g/mol. The van der Waals surface area contributed by atoms with Crippen molar-refractivity contribution in [3.8, 4) is 11.5 Å². The van der Waals surface area contributed by atoms with E-state index in [2.05, 4.69) is 40.2 Å². The summed E-state index contributed by atoms with van der Waals surface area (Å²) in [5.41, 5.74) is 6.45. The molecule has 42 heavy (non-hydrogen) atoms. The smallest absolute Gasteiger partial charge is 0.475 e. The lowest BCUT2D eigenvalue weighted by molar-refractivity contribution is -0.192. The molecular formula is C23H19F5N8O6. The van der Waals surface area contributed by atoms with Gasteiger partial charge in [0, 0.05) is 5.56 Å². The van der Waals surface area contributed by atoms with E-state index in [0.717, 1.165) is 26.5 Å². The predicted molar refractivity (Wildman–Crippen MR) is 134 cm³/mol. The molecule has 0 radical (unpaired) electrons. The maximum atomic E-state index is 14.2. The second-order valence-electron chi connectivity index (χ2n) is 7.81. The van der Waals surface area contributed by atoms with Gasteiger partial charge in [0.2, 0.25) is 0 Å². The van der Waals surface area contributed by atoms with Crippen molar-refractivity contribution in [3.63, 3.8) is 0 Å². The van der Waals surface area contributed by atoms with Crippen LogP contribution in [0.2, 0.25) is 0 Å². The summed E-state index contributed by atoms with van der Waals surface area (Å²) < 4.78 is 70.6. The third kappa shape index (κ3) is 7.31. The lowest BCUT2D eigenvalue weighted by Gasteiger charge is -2.13. The number of hydrogen-bond acceptors (Lipinski definition) is 10. The van der Waals surface area contributed by atoms with Crippen molar-refractivity contribution < 1.29 is 50.9 Å². The second-order valence-corrected chi connectivity index (χ2v) is 7.81. The SMILES string of the molecule is COC(=O)Nc1nc(-c2nn(Cc3ccccc3F)c3ncc(F)cc23)nc(N)c1NC(=O)OC.O=C(O)C(F)(F)F. The molecule has 0 spiro atoms. The first-order valence-electron chi connectivity index (χ1n) is 11.2. The van der Waals surface area contributed by atoms with Gasteiger partial charge in [0.05, 0.1) is 32.3 Å². The lowest BCUT2D eigenvalue weighted by Crippen LogP contribution is -2.21. The number of carboxylic acid groups (broad SMARTS) is 1. The van der Waals surface area contributed by atoms with E-state index in [0.29, 0.717) is 5.56 Å². The maximum absolute atomic E-state index is 14.2. The van der Waals surface area contributed by atoms with E-state index in [1.807, 2.05) is 0 Å². The van der Waals surface area contributed by atoms with Gasteiger partial charge in [-0.2, -0.15) is 18.3 Å². The average molecular weight is 598 g/mol. The number of pyridine rings is 1. The molecule has 4 rings (SSSR count). The van der Waals surface area contributed by atoms with Gasteiger partial charge in [-0.05, 0) is 12.1 Å². The first kappa shape index (κ1) is 30.9. The van der Waals surface area contributed by atoms with Crippen LogP contribution >= 0.6 is 0 Å². The molecule has 0 saturated carbocycles. The number of ether oxygens (including phenoxy) is 2. The molecule has 0 atom stereocenters. The summed E-state index contributed by atoms with van der Waals surface area (Å²) in [6.07, 6.45) is -5.90. The Morgan fingerprint density at radius 1 is 1.05 bits per heavy atom. The molecule has 222 valence electrons. The Kier molecular flexibility index (Phi) is 9.35. The van der Waals surface area contributed by atoms with Crippen LogP contribution in [0.1, 0.15) is 5.56 Å². The van der Waals surface area contributed by atoms with Crippen LogP contribution in [0, 0.1) is 11.6 Å². The Morgan fingerprint density at radius 3 is 2.26 bits per heavy atom. The fourth-order valence-corrected chi connectivity index (χ4v) is 3.20. The molecule has 0 fully saturated rings. The number of alkyl halides is 3. The van der Waals surface area contributed by atoms with Crippen LogP contribution in [-0.4, -0.2) is 68.4 Å². The molecule has 1 aromatic carbocycles. The number of carboxylic acids is 1. The quantitative estimate of drug-likeness (QED) is 0.244. The molecule has 4 aromatic rings. The summed E-state index contributed by atoms with van der Waals surface area (Å²) in [5.74, 6) is -4.49. The number of nitrogens with zero attached hydrogens (tertiary/aromatic N) is 5. The first-order chi connectivity index (χ1) is 19.7. The lowest BCUT2D eigenvalue weighted by atomic mass is 10.2. The van der Waals surface area contributed by atoms with Crippen LogP contribution in [0.5, 0.6) is 0 Å². The van der Waals surface area contributed by atoms with Gasteiger partial charge < -0.3 is 20.3 Å². The molecule has 3 aromatic heterocycles. The summed E-state index contributed by atoms with van der Waals surface area (Å²) in [6.45, 7) is -0.0213. The zero-order valence-corrected chi connectivity index (χ0v) is 21.4. The van der Waals surface area contributed by atoms with Crippen LogP contribution < -0.4 is 16.4 Å². The number of aromatic nitrogens is 5. The zero-order chi connectivity index (χ0) is 31.2. The van der Waals surface area contributed by atoms with Crippen molar-refractivity contribution in [3.05, 3.63) is 53.7 Å². The highest BCUT2D eigenvalue weighted by Crippen LogP contribution is 2.32. The fourth-order valence-electron chi connectivity index (χ4n) is 3.20. The number of halogens is 5. The zero-order valence-electron chi connectivity index (χ0n) is 21.4. The van der Waals surface area contributed by atoms with E-state index in [4.69, 9.17) is 15.6 Å². The number of aliphatic carboxylic acids is 1. The van der Waals surface area contributed by atoms with E-state index in [-0.39, 0.29) is 46.4 Å². The molecule has 19 heteroatoms. The van der Waals surface area contributed by atoms with E-state index >= 15 is 0 Å². The normalized spacial score (nSPS) is 10.8. The Labute approximate surface area is 231 Å². The molecule has 14 nitrogen and oxygen atoms in total. The minimum atomic E-state index is -5.08. The molecule has 5 N–H and O–H groups in total. The van der Waals surface area contributed by atoms with Crippen molar-refractivity contribution in [1.82, 2.24) is 24.7 Å². The van der Waals surface area contributed by atoms with E-state index in [1.165, 1.54) is 10.7 Å². The van der Waals surface area contributed by atoms with Crippen LogP contribution in [0.15, 0.2) is 36.5 Å². The predicted octanol–water partition coefficient (Wildman–Crippen LogP) is 3.79. The number of nitrogens with one attached hydrogen (secondary N) is 2. The number of fused-ring (bicyclic) bond motifs is 1. The maximum Gasteiger partial charge on any atom is 0.490 e. The van der Waals surface area contributed by atoms with Gasteiger partial charge in [-0.3, -0.25) is 10.6 Å². The van der Waals surface area contributed by atoms with Crippen LogP contribution in [0.4, 0.5) is 48.9 Å². The molecule has 3 heterocycles. The highest BCUT2D eigenvalue weighted by molar-refractivity contribution is 5.98. The van der Waals surface area contributed by atoms with Gasteiger partial charge in [0.25, 0.3) is 0 Å². The number of rotatable bonds is 5. The summed E-state index contributed by atoms with van der Waals surface area (Å²) in [4.78, 5) is 44.9. The Balaban J connectivity index is 0.000000616. The van der Waals surface area contributed by atoms with Crippen molar-refractivity contribution in [2.75, 3.05) is 30.6 Å². The van der Waals surface area contributed by atoms with Gasteiger partial charge >= 0.3 is 24.3 Å². The number of nitrogens with two attached hydrogens (primary N) is 1. The molecule has 0 aliphatic rings. The summed E-state index contributed by atoms with van der Waals surface area (Å²) in [6, 6.07) is 7.26. The largest absolute Gasteiger partial charge is 0.490 e. The summed E-state index contributed by atoms with van der Waals surface area (Å²) in [7, 11) is 2.25. The number of amides is 2. The molecule has 2 amide bonds. The van der Waals surface area contributed by atoms with E-state index in [9.17, 15) is 31.5 Å². The highest BCUT2D eigenvalue weighted by Gasteiger charge is 2.38. The standard InChI is InChI=1S/C21H18F2N8O4.C2HF3O2/c1-34-20(32)26-15-16(24)27-17(28-18(15)29-21(33)35-2)14-12-7-11(22)8-25-19(12)31(30-14)9-10-5-3-4-6-13(10)23;3-2(4,5)1(6)7/h3-8H,9H2,1-2H3,(H,26,32)(H3,24,27,28,29,33);(H,6,7). The van der Waals surface area contributed by atoms with Crippen molar-refractivity contribution in [2.24, 2.45) is 0 Å². The minimum Gasteiger partial charge on any atom is -0.475 e. The molecule has 0 aliphatic heterocycles. The van der Waals surface area contributed by atoms with Crippen LogP contribution in [0.25, 0.3) is 22.6 Å². The van der Waals surface area contributed by atoms with Crippen LogP contribution in [0.3, 0.4) is 0 Å². The Hall–Kier alpha value is -5.62. The number of hydrogen-bond donors (Lipinski definition) is 4. The van der Waals surface area contributed by atoms with E-state index < -0.39 is 36.0 Å². The van der Waals surface area contributed by atoms with Gasteiger partial charge in [0.1, 0.15) is 23.0 Å². The number of anilines is 3. The molecule has 0 unspecified atom stereocenters. The number of benzene rings is 1. The highest BCUT2D eigenvalue weighted by atomic mass is 19.4. The van der Waals surface area contributed by atoms with E-state index in [1.54, 1.807) is 18.2 Å². The van der Waals surface area contributed by atoms with Crippen molar-refractivity contribution in [2.45, 2.75) is 12.7 Å². The fraction of sp³-hybridized carbons (Fsp3) is 0.174. The Bertz CT molecular complexity index is 1650. The van der Waals surface area contributed by atoms with Crippen molar-refractivity contribution >= 4 is 46.5 Å². The van der Waals surface area contributed by atoms with Gasteiger partial charge in [-0.15, -0.1) is 0 Å². The van der Waals surface area contributed by atoms with Gasteiger partial charge in [-0.25, -0.2) is 42.8 Å².